The molecule has 74 valence electrons. The number of nitrogens with zero attached hydrogens (tertiary/aromatic N) is 1. The van der Waals surface area contributed by atoms with E-state index in [2.05, 4.69) is 0 Å². The van der Waals surface area contributed by atoms with Gasteiger partial charge in [0.2, 0.25) is 0 Å². The van der Waals surface area contributed by atoms with Gasteiger partial charge in [-0.25, -0.2) is 0 Å². The summed E-state index contributed by atoms with van der Waals surface area (Å²) in [6.07, 6.45) is 0. The highest BCUT2D eigenvalue weighted by Gasteiger charge is 2.18. The Morgan fingerprint density at radius 3 is 2.57 bits per heavy atom. The third-order valence-electron chi connectivity index (χ3n) is 1.82. The minimum atomic E-state index is -1.71. The lowest BCUT2D eigenvalue weighted by Gasteiger charge is -2.02. The first-order valence-electron chi connectivity index (χ1n) is 3.89. The fraction of sp³-hybridized carbons (Fsp3) is 0.143. The first-order chi connectivity index (χ1) is 6.56. The summed E-state index contributed by atoms with van der Waals surface area (Å²) in [6, 6.07) is 3.90. The molecule has 0 aliphatic rings. The largest absolute Gasteiger partial charge is 0.488 e. The van der Waals surface area contributed by atoms with E-state index in [0.29, 0.717) is 5.56 Å². The van der Waals surface area contributed by atoms with Crippen molar-refractivity contribution in [1.29, 1.82) is 0 Å². The van der Waals surface area contributed by atoms with Gasteiger partial charge in [-0.2, -0.15) is 0 Å². The Hall–Kier alpha value is -1.44. The van der Waals surface area contributed by atoms with Crippen LogP contribution in [-0.2, 0) is 6.54 Å². The van der Waals surface area contributed by atoms with Crippen LogP contribution in [0.5, 0.6) is 0 Å². The molecule has 7 heteroatoms. The summed E-state index contributed by atoms with van der Waals surface area (Å²) in [5.74, 6) is 0. The fourth-order valence-corrected chi connectivity index (χ4v) is 1.08. The van der Waals surface area contributed by atoms with Crippen molar-refractivity contribution in [1.82, 2.24) is 0 Å². The van der Waals surface area contributed by atoms with Gasteiger partial charge in [0.25, 0.3) is 5.69 Å². The van der Waals surface area contributed by atoms with Crippen LogP contribution in [0.25, 0.3) is 0 Å². The molecule has 0 aliphatic heterocycles. The van der Waals surface area contributed by atoms with Gasteiger partial charge in [-0.3, -0.25) is 10.1 Å². The van der Waals surface area contributed by atoms with Crippen LogP contribution in [0.15, 0.2) is 18.2 Å². The predicted molar refractivity (Wildman–Crippen MR) is 50.8 cm³/mol. The van der Waals surface area contributed by atoms with E-state index < -0.39 is 12.0 Å². The van der Waals surface area contributed by atoms with Gasteiger partial charge in [0.15, 0.2) is 0 Å². The average Bonchev–Trinajstić information content (AvgIpc) is 2.16. The third kappa shape index (κ3) is 2.08. The lowest BCUT2D eigenvalue weighted by Crippen LogP contribution is -2.30. The summed E-state index contributed by atoms with van der Waals surface area (Å²) in [5.41, 5.74) is 5.53. The smallest absolute Gasteiger partial charge is 0.423 e. The van der Waals surface area contributed by atoms with Crippen LogP contribution < -0.4 is 11.2 Å². The van der Waals surface area contributed by atoms with Crippen LogP contribution >= 0.6 is 0 Å². The van der Waals surface area contributed by atoms with Crippen molar-refractivity contribution in [2.45, 2.75) is 6.54 Å². The molecule has 0 aromatic heterocycles. The van der Waals surface area contributed by atoms with Crippen molar-refractivity contribution >= 4 is 18.3 Å². The van der Waals surface area contributed by atoms with Crippen molar-refractivity contribution < 1.29 is 15.0 Å². The van der Waals surface area contributed by atoms with Gasteiger partial charge in [-0.05, 0) is 5.46 Å². The molecule has 0 saturated heterocycles. The summed E-state index contributed by atoms with van der Waals surface area (Å²) in [5, 5.41) is 28.1. The monoisotopic (exact) mass is 196 g/mol. The van der Waals surface area contributed by atoms with Crippen LogP contribution in [0.3, 0.4) is 0 Å². The molecule has 0 bridgehead atoms. The number of benzene rings is 1. The second kappa shape index (κ2) is 4.18. The maximum atomic E-state index is 10.5. The normalized spacial score (nSPS) is 9.93. The fourth-order valence-electron chi connectivity index (χ4n) is 1.08. The van der Waals surface area contributed by atoms with Crippen LogP contribution in [-0.4, -0.2) is 22.1 Å². The Morgan fingerprint density at radius 1 is 1.50 bits per heavy atom. The molecular weight excluding hydrogens is 187 g/mol. The number of nitrogens with two attached hydrogens (primary N) is 1. The zero-order valence-electron chi connectivity index (χ0n) is 7.25. The lowest BCUT2D eigenvalue weighted by molar-refractivity contribution is -0.385. The maximum absolute atomic E-state index is 10.5. The van der Waals surface area contributed by atoms with E-state index in [4.69, 9.17) is 15.8 Å². The van der Waals surface area contributed by atoms with Crippen molar-refractivity contribution in [2.75, 3.05) is 0 Å². The second-order valence-corrected chi connectivity index (χ2v) is 2.72. The van der Waals surface area contributed by atoms with Gasteiger partial charge in [0.1, 0.15) is 0 Å². The van der Waals surface area contributed by atoms with Crippen molar-refractivity contribution in [3.8, 4) is 0 Å². The predicted octanol–water partition coefficient (Wildman–Crippen LogP) is -1.27. The number of hydrogen-bond acceptors (Lipinski definition) is 5. The summed E-state index contributed by atoms with van der Waals surface area (Å²) < 4.78 is 0. The highest BCUT2D eigenvalue weighted by Crippen LogP contribution is 2.15. The number of rotatable bonds is 3. The van der Waals surface area contributed by atoms with E-state index >= 15 is 0 Å². The number of nitro benzene ring substituents is 1. The van der Waals surface area contributed by atoms with Gasteiger partial charge in [-0.15, -0.1) is 0 Å². The van der Waals surface area contributed by atoms with Crippen LogP contribution in [0.1, 0.15) is 5.56 Å². The molecule has 14 heavy (non-hydrogen) atoms. The van der Waals surface area contributed by atoms with Crippen molar-refractivity contribution in [3.63, 3.8) is 0 Å². The van der Waals surface area contributed by atoms with Crippen LogP contribution in [0.2, 0.25) is 0 Å². The SMILES string of the molecule is NCc1ccc(B(O)O)cc1[N+](=O)[O-]. The van der Waals surface area contributed by atoms with Crippen LogP contribution in [0.4, 0.5) is 5.69 Å². The van der Waals surface area contributed by atoms with E-state index in [1.54, 1.807) is 0 Å². The molecule has 0 amide bonds. The highest BCUT2D eigenvalue weighted by molar-refractivity contribution is 6.58. The summed E-state index contributed by atoms with van der Waals surface area (Å²) in [4.78, 5) is 9.94. The Balaban J connectivity index is 3.21. The van der Waals surface area contributed by atoms with E-state index in [1.807, 2.05) is 0 Å². The minimum Gasteiger partial charge on any atom is -0.423 e. The quantitative estimate of drug-likeness (QED) is 0.317. The third-order valence-corrected chi connectivity index (χ3v) is 1.82. The van der Waals surface area contributed by atoms with Gasteiger partial charge < -0.3 is 15.8 Å². The molecule has 0 atom stereocenters. The molecule has 1 aromatic rings. The zero-order valence-corrected chi connectivity index (χ0v) is 7.25. The standard InChI is InChI=1S/C7H9BN2O4/c9-4-5-1-2-6(8(11)12)3-7(5)10(13)14/h1-3,11-12H,4,9H2. The average molecular weight is 196 g/mol. The first kappa shape index (κ1) is 10.6. The molecular formula is C7H9BN2O4. The molecule has 0 spiro atoms. The molecule has 0 saturated carbocycles. The maximum Gasteiger partial charge on any atom is 0.488 e. The van der Waals surface area contributed by atoms with E-state index in [1.165, 1.54) is 12.1 Å². The lowest BCUT2D eigenvalue weighted by atomic mass is 9.79. The van der Waals surface area contributed by atoms with E-state index in [0.717, 1.165) is 6.07 Å². The Labute approximate surface area is 80.3 Å². The zero-order chi connectivity index (χ0) is 10.7. The summed E-state index contributed by atoms with van der Waals surface area (Å²) >= 11 is 0. The van der Waals surface area contributed by atoms with E-state index in [-0.39, 0.29) is 17.7 Å². The van der Waals surface area contributed by atoms with Gasteiger partial charge in [0.05, 0.1) is 4.92 Å². The van der Waals surface area contributed by atoms with Crippen molar-refractivity contribution in [2.24, 2.45) is 5.73 Å². The molecule has 1 rings (SSSR count). The molecule has 0 unspecified atom stereocenters. The highest BCUT2D eigenvalue weighted by atomic mass is 16.6. The Bertz CT molecular complexity index is 356. The molecule has 0 fully saturated rings. The van der Waals surface area contributed by atoms with E-state index in [9.17, 15) is 10.1 Å². The second-order valence-electron chi connectivity index (χ2n) is 2.72. The molecule has 1 aromatic carbocycles. The van der Waals surface area contributed by atoms with Gasteiger partial charge in [0, 0.05) is 18.2 Å². The molecule has 0 heterocycles. The molecule has 0 radical (unpaired) electrons. The Kier molecular flexibility index (Phi) is 3.18. The topological polar surface area (TPSA) is 110 Å². The van der Waals surface area contributed by atoms with Gasteiger partial charge >= 0.3 is 7.12 Å². The summed E-state index contributed by atoms with van der Waals surface area (Å²) in [6.45, 7) is 0.0398. The van der Waals surface area contributed by atoms with Crippen molar-refractivity contribution in [3.05, 3.63) is 33.9 Å². The molecule has 0 aliphatic carbocycles. The number of hydrogen-bond donors (Lipinski definition) is 3. The Morgan fingerprint density at radius 2 is 2.14 bits per heavy atom. The van der Waals surface area contributed by atoms with Gasteiger partial charge in [-0.1, -0.05) is 12.1 Å². The number of nitro groups is 1. The minimum absolute atomic E-state index is 0.0398. The van der Waals surface area contributed by atoms with Crippen LogP contribution in [0, 0.1) is 10.1 Å². The molecule has 6 nitrogen and oxygen atoms in total. The first-order valence-corrected chi connectivity index (χ1v) is 3.89. The molecule has 4 N–H and O–H groups in total. The summed E-state index contributed by atoms with van der Waals surface area (Å²) in [7, 11) is -1.71.